The van der Waals surface area contributed by atoms with Crippen LogP contribution in [0.25, 0.3) is 10.9 Å². The van der Waals surface area contributed by atoms with E-state index in [0.717, 1.165) is 16.5 Å². The topological polar surface area (TPSA) is 103 Å². The van der Waals surface area contributed by atoms with Crippen molar-refractivity contribution in [3.63, 3.8) is 0 Å². The Morgan fingerprint density at radius 1 is 0.914 bits per heavy atom. The van der Waals surface area contributed by atoms with E-state index in [2.05, 4.69) is 10.3 Å². The molecule has 0 radical (unpaired) electrons. The third-order valence-electron chi connectivity index (χ3n) is 5.36. The zero-order valence-electron chi connectivity index (χ0n) is 19.7. The molecule has 0 aliphatic rings. The van der Waals surface area contributed by atoms with Crippen molar-refractivity contribution in [2.45, 2.75) is 13.8 Å². The number of ether oxygens (including phenoxy) is 4. The highest BCUT2D eigenvalue weighted by molar-refractivity contribution is 5.89. The molecule has 0 aliphatic heterocycles. The molecule has 1 N–H and O–H groups in total. The number of carbonyl (C=O) groups is 1. The Morgan fingerprint density at radius 2 is 1.69 bits per heavy atom. The number of benzene rings is 3. The molecule has 4 rings (SSSR count). The number of carbonyl (C=O) groups excluding carboxylic acids is 1. The summed E-state index contributed by atoms with van der Waals surface area (Å²) in [4.78, 5) is 16.8. The molecule has 0 saturated carbocycles. The van der Waals surface area contributed by atoms with Crippen molar-refractivity contribution in [3.8, 4) is 34.8 Å². The van der Waals surface area contributed by atoms with Crippen molar-refractivity contribution in [2.24, 2.45) is 0 Å². The van der Waals surface area contributed by atoms with Gasteiger partial charge in [0.1, 0.15) is 17.2 Å². The van der Waals surface area contributed by atoms with Crippen LogP contribution in [0.3, 0.4) is 0 Å². The summed E-state index contributed by atoms with van der Waals surface area (Å²) < 4.78 is 22.3. The molecule has 8 nitrogen and oxygen atoms in total. The molecule has 0 atom stereocenters. The average molecular weight is 469 g/mol. The number of nitriles is 1. The molecule has 0 unspecified atom stereocenters. The van der Waals surface area contributed by atoms with Crippen molar-refractivity contribution in [2.75, 3.05) is 19.5 Å². The molecule has 8 heteroatoms. The van der Waals surface area contributed by atoms with Crippen molar-refractivity contribution >= 4 is 22.7 Å². The van der Waals surface area contributed by atoms with Crippen molar-refractivity contribution in [1.29, 1.82) is 5.26 Å². The van der Waals surface area contributed by atoms with Gasteiger partial charge in [-0.25, -0.2) is 4.79 Å². The van der Waals surface area contributed by atoms with Crippen LogP contribution in [0.15, 0.2) is 60.8 Å². The summed E-state index contributed by atoms with van der Waals surface area (Å²) in [5.41, 5.74) is 3.29. The Kier molecular flexibility index (Phi) is 6.69. The molecule has 0 aliphatic carbocycles. The van der Waals surface area contributed by atoms with Crippen molar-refractivity contribution in [3.05, 3.63) is 77.5 Å². The SMILES string of the molecule is COc1cc2nccc(Oc3cc(C)c(NC(=O)Oc4cccc(C#N)c4)cc3C)c2cc1OC. The molecule has 0 bridgehead atoms. The van der Waals surface area contributed by atoms with Crippen LogP contribution >= 0.6 is 0 Å². The summed E-state index contributed by atoms with van der Waals surface area (Å²) in [7, 11) is 3.15. The highest BCUT2D eigenvalue weighted by Crippen LogP contribution is 2.38. The lowest BCUT2D eigenvalue weighted by Gasteiger charge is -2.16. The summed E-state index contributed by atoms with van der Waals surface area (Å²) >= 11 is 0. The fourth-order valence-electron chi connectivity index (χ4n) is 3.56. The predicted molar refractivity (Wildman–Crippen MR) is 132 cm³/mol. The molecular weight excluding hydrogens is 446 g/mol. The lowest BCUT2D eigenvalue weighted by atomic mass is 10.1. The average Bonchev–Trinajstić information content (AvgIpc) is 2.86. The van der Waals surface area contributed by atoms with Gasteiger partial charge in [-0.3, -0.25) is 10.3 Å². The largest absolute Gasteiger partial charge is 0.493 e. The first-order valence-corrected chi connectivity index (χ1v) is 10.7. The molecule has 35 heavy (non-hydrogen) atoms. The number of pyridine rings is 1. The molecule has 3 aromatic carbocycles. The van der Waals surface area contributed by atoms with Crippen LogP contribution in [-0.4, -0.2) is 25.3 Å². The van der Waals surface area contributed by atoms with Crippen LogP contribution in [0.5, 0.6) is 28.7 Å². The van der Waals surface area contributed by atoms with Gasteiger partial charge in [-0.05, 0) is 67.4 Å². The van der Waals surface area contributed by atoms with Gasteiger partial charge in [-0.1, -0.05) is 6.07 Å². The number of fused-ring (bicyclic) bond motifs is 1. The monoisotopic (exact) mass is 469 g/mol. The normalized spacial score (nSPS) is 10.4. The van der Waals surface area contributed by atoms with Crippen molar-refractivity contribution in [1.82, 2.24) is 4.98 Å². The van der Waals surface area contributed by atoms with Gasteiger partial charge in [0.2, 0.25) is 0 Å². The van der Waals surface area contributed by atoms with E-state index in [1.165, 1.54) is 6.07 Å². The molecule has 0 spiro atoms. The van der Waals surface area contributed by atoms with Crippen LogP contribution in [0.2, 0.25) is 0 Å². The van der Waals surface area contributed by atoms with Gasteiger partial charge in [-0.2, -0.15) is 5.26 Å². The van der Waals surface area contributed by atoms with E-state index in [1.807, 2.05) is 38.1 Å². The smallest absolute Gasteiger partial charge is 0.417 e. The molecular formula is C27H23N3O5. The highest BCUT2D eigenvalue weighted by Gasteiger charge is 2.14. The lowest BCUT2D eigenvalue weighted by molar-refractivity contribution is 0.215. The van der Waals surface area contributed by atoms with Gasteiger partial charge >= 0.3 is 6.09 Å². The van der Waals surface area contributed by atoms with Crippen LogP contribution in [0, 0.1) is 25.2 Å². The summed E-state index contributed by atoms with van der Waals surface area (Å²) in [6.45, 7) is 3.74. The second-order valence-electron chi connectivity index (χ2n) is 7.72. The van der Waals surface area contributed by atoms with E-state index >= 15 is 0 Å². The van der Waals surface area contributed by atoms with Gasteiger partial charge in [-0.15, -0.1) is 0 Å². The van der Waals surface area contributed by atoms with Gasteiger partial charge in [0.05, 0.1) is 31.4 Å². The zero-order chi connectivity index (χ0) is 24.9. The Balaban J connectivity index is 1.57. The predicted octanol–water partition coefficient (Wildman–Crippen LogP) is 6.14. The second kappa shape index (κ2) is 10.0. The van der Waals surface area contributed by atoms with Gasteiger partial charge in [0.15, 0.2) is 11.5 Å². The van der Waals surface area contributed by atoms with E-state index in [9.17, 15) is 4.79 Å². The molecule has 1 aromatic heterocycles. The lowest BCUT2D eigenvalue weighted by Crippen LogP contribution is -2.17. The number of methoxy groups -OCH3 is 2. The van der Waals surface area contributed by atoms with E-state index < -0.39 is 6.09 Å². The van der Waals surface area contributed by atoms with Crippen LogP contribution in [0.4, 0.5) is 10.5 Å². The first kappa shape index (κ1) is 23.4. The Hall–Kier alpha value is -4.77. The second-order valence-corrected chi connectivity index (χ2v) is 7.72. The molecule has 4 aromatic rings. The minimum Gasteiger partial charge on any atom is -0.493 e. The van der Waals surface area contributed by atoms with E-state index in [4.69, 9.17) is 24.2 Å². The maximum absolute atomic E-state index is 12.4. The van der Waals surface area contributed by atoms with Crippen LogP contribution in [-0.2, 0) is 0 Å². The van der Waals surface area contributed by atoms with E-state index in [-0.39, 0.29) is 5.75 Å². The van der Waals surface area contributed by atoms with Crippen LogP contribution < -0.4 is 24.3 Å². The number of anilines is 1. The minimum absolute atomic E-state index is 0.285. The maximum atomic E-state index is 12.4. The molecule has 176 valence electrons. The number of nitrogens with zero attached hydrogens (tertiary/aromatic N) is 2. The zero-order valence-corrected chi connectivity index (χ0v) is 19.7. The molecule has 0 saturated heterocycles. The third kappa shape index (κ3) is 5.09. The number of rotatable bonds is 6. The first-order chi connectivity index (χ1) is 16.9. The fraction of sp³-hybridized carbons (Fsp3) is 0.148. The molecule has 1 amide bonds. The standard InChI is InChI=1S/C27H23N3O5/c1-16-11-24(35-23-8-9-29-22-14-26(33-4)25(32-3)13-20(22)23)17(2)10-21(16)30-27(31)34-19-7-5-6-18(12-19)15-28/h5-14H,1-4H3,(H,30,31). The Bertz CT molecular complexity index is 1460. The fourth-order valence-corrected chi connectivity index (χ4v) is 3.56. The van der Waals surface area contributed by atoms with E-state index in [1.54, 1.807) is 50.7 Å². The third-order valence-corrected chi connectivity index (χ3v) is 5.36. The van der Waals surface area contributed by atoms with E-state index in [0.29, 0.717) is 39.8 Å². The number of amides is 1. The van der Waals surface area contributed by atoms with Gasteiger partial charge in [0, 0.05) is 23.3 Å². The van der Waals surface area contributed by atoms with Gasteiger partial charge in [0.25, 0.3) is 0 Å². The van der Waals surface area contributed by atoms with Crippen molar-refractivity contribution < 1.29 is 23.7 Å². The van der Waals surface area contributed by atoms with Crippen LogP contribution in [0.1, 0.15) is 16.7 Å². The maximum Gasteiger partial charge on any atom is 0.417 e. The summed E-state index contributed by atoms with van der Waals surface area (Å²) in [6.07, 6.45) is 1.01. The van der Waals surface area contributed by atoms with Gasteiger partial charge < -0.3 is 18.9 Å². The number of hydrogen-bond acceptors (Lipinski definition) is 7. The first-order valence-electron chi connectivity index (χ1n) is 10.7. The highest BCUT2D eigenvalue weighted by atomic mass is 16.6. The number of hydrogen-bond donors (Lipinski definition) is 1. The summed E-state index contributed by atoms with van der Waals surface area (Å²) in [5, 5.41) is 12.5. The Labute approximate surface area is 202 Å². The number of aryl methyl sites for hydroxylation is 2. The minimum atomic E-state index is -0.655. The number of nitrogens with one attached hydrogen (secondary N) is 1. The molecule has 0 fully saturated rings. The quantitative estimate of drug-likeness (QED) is 0.362. The molecule has 1 heterocycles. The Morgan fingerprint density at radius 3 is 2.43 bits per heavy atom. The summed E-state index contributed by atoms with van der Waals surface area (Å²) in [6, 6.07) is 17.5. The summed E-state index contributed by atoms with van der Waals surface area (Å²) in [5.74, 6) is 2.68. The number of aromatic nitrogens is 1.